The molecule has 0 saturated carbocycles. The molecule has 192 valence electrons. The van der Waals surface area contributed by atoms with Crippen LogP contribution in [0.1, 0.15) is 0 Å². The monoisotopic (exact) mass is 524 g/mol. The SMILES string of the molecule is c1ccc(-c2nc3ccccc3c3c(-c4ccc(-c5ccc(-c6nc7ccccc7o6)cc5)cc4)cccc23)cc1. The second-order valence-corrected chi connectivity index (χ2v) is 10.2. The first kappa shape index (κ1) is 23.4. The van der Waals surface area contributed by atoms with Crippen molar-refractivity contribution in [1.82, 2.24) is 9.97 Å². The molecule has 0 aliphatic rings. The average Bonchev–Trinajstić information content (AvgIpc) is 3.49. The lowest BCUT2D eigenvalue weighted by Crippen LogP contribution is -1.92. The van der Waals surface area contributed by atoms with Gasteiger partial charge in [0.2, 0.25) is 5.89 Å². The van der Waals surface area contributed by atoms with E-state index in [0.717, 1.165) is 55.3 Å². The predicted molar refractivity (Wildman–Crippen MR) is 169 cm³/mol. The molecule has 0 amide bonds. The maximum absolute atomic E-state index is 5.95. The largest absolute Gasteiger partial charge is 0.436 e. The summed E-state index contributed by atoms with van der Waals surface area (Å²) in [6.07, 6.45) is 0. The summed E-state index contributed by atoms with van der Waals surface area (Å²) in [7, 11) is 0. The van der Waals surface area contributed by atoms with E-state index in [1.54, 1.807) is 0 Å². The lowest BCUT2D eigenvalue weighted by Gasteiger charge is -2.14. The number of rotatable bonds is 4. The lowest BCUT2D eigenvalue weighted by atomic mass is 9.92. The smallest absolute Gasteiger partial charge is 0.227 e. The van der Waals surface area contributed by atoms with Crippen LogP contribution in [0.25, 0.3) is 77.7 Å². The molecule has 0 saturated heterocycles. The van der Waals surface area contributed by atoms with Gasteiger partial charge in [-0.25, -0.2) is 9.97 Å². The Labute approximate surface area is 237 Å². The first-order valence-electron chi connectivity index (χ1n) is 13.8. The number of hydrogen-bond donors (Lipinski definition) is 0. The van der Waals surface area contributed by atoms with Gasteiger partial charge < -0.3 is 4.42 Å². The first-order valence-corrected chi connectivity index (χ1v) is 13.8. The highest BCUT2D eigenvalue weighted by Crippen LogP contribution is 2.39. The summed E-state index contributed by atoms with van der Waals surface area (Å²) in [5.41, 5.74) is 10.5. The molecule has 2 aromatic heterocycles. The van der Waals surface area contributed by atoms with Gasteiger partial charge in [-0.15, -0.1) is 0 Å². The number of benzene rings is 6. The molecule has 3 heteroatoms. The van der Waals surface area contributed by atoms with E-state index >= 15 is 0 Å². The molecule has 0 bridgehead atoms. The summed E-state index contributed by atoms with van der Waals surface area (Å²) in [4.78, 5) is 9.72. The highest BCUT2D eigenvalue weighted by molar-refractivity contribution is 6.17. The number of hydrogen-bond acceptors (Lipinski definition) is 3. The second kappa shape index (κ2) is 9.58. The van der Waals surface area contributed by atoms with Gasteiger partial charge in [-0.2, -0.15) is 0 Å². The molecule has 0 aliphatic carbocycles. The van der Waals surface area contributed by atoms with E-state index in [9.17, 15) is 0 Å². The van der Waals surface area contributed by atoms with Crippen molar-refractivity contribution < 1.29 is 4.42 Å². The molecular formula is C38H24N2O. The van der Waals surface area contributed by atoms with Gasteiger partial charge in [0.15, 0.2) is 5.58 Å². The molecule has 8 aromatic rings. The van der Waals surface area contributed by atoms with Crippen LogP contribution in [0.4, 0.5) is 0 Å². The third kappa shape index (κ3) is 4.07. The summed E-state index contributed by atoms with van der Waals surface area (Å²) in [5.74, 6) is 0.639. The highest BCUT2D eigenvalue weighted by atomic mass is 16.3. The Balaban J connectivity index is 1.19. The van der Waals surface area contributed by atoms with Crippen molar-refractivity contribution in [3.63, 3.8) is 0 Å². The minimum absolute atomic E-state index is 0.639. The van der Waals surface area contributed by atoms with E-state index in [1.807, 2.05) is 30.3 Å². The normalized spacial score (nSPS) is 11.4. The molecule has 0 aliphatic heterocycles. The van der Waals surface area contributed by atoms with E-state index in [2.05, 4.69) is 120 Å². The summed E-state index contributed by atoms with van der Waals surface area (Å²) in [5, 5.41) is 3.55. The number of aromatic nitrogens is 2. The Hall–Kier alpha value is -5.54. The van der Waals surface area contributed by atoms with Crippen molar-refractivity contribution in [2.75, 3.05) is 0 Å². The van der Waals surface area contributed by atoms with Gasteiger partial charge in [-0.1, -0.05) is 115 Å². The summed E-state index contributed by atoms with van der Waals surface area (Å²) in [6, 6.07) is 50.5. The second-order valence-electron chi connectivity index (χ2n) is 10.2. The number of fused-ring (bicyclic) bond motifs is 4. The number of para-hydroxylation sites is 3. The topological polar surface area (TPSA) is 38.9 Å². The van der Waals surface area contributed by atoms with Crippen LogP contribution < -0.4 is 0 Å². The van der Waals surface area contributed by atoms with Crippen LogP contribution in [0.5, 0.6) is 0 Å². The van der Waals surface area contributed by atoms with Gasteiger partial charge in [0, 0.05) is 27.3 Å². The Bertz CT molecular complexity index is 2140. The Morgan fingerprint density at radius 3 is 1.76 bits per heavy atom. The van der Waals surface area contributed by atoms with Crippen LogP contribution in [-0.4, -0.2) is 9.97 Å². The van der Waals surface area contributed by atoms with Gasteiger partial charge >= 0.3 is 0 Å². The van der Waals surface area contributed by atoms with Crippen LogP contribution in [0.3, 0.4) is 0 Å². The summed E-state index contributed by atoms with van der Waals surface area (Å²) >= 11 is 0. The fourth-order valence-corrected chi connectivity index (χ4v) is 5.70. The van der Waals surface area contributed by atoms with Gasteiger partial charge in [-0.3, -0.25) is 0 Å². The van der Waals surface area contributed by atoms with Gasteiger partial charge in [0.1, 0.15) is 5.52 Å². The van der Waals surface area contributed by atoms with Crippen LogP contribution >= 0.6 is 0 Å². The fraction of sp³-hybridized carbons (Fsp3) is 0. The van der Waals surface area contributed by atoms with E-state index in [4.69, 9.17) is 9.40 Å². The molecular weight excluding hydrogens is 500 g/mol. The third-order valence-corrected chi connectivity index (χ3v) is 7.73. The Morgan fingerprint density at radius 1 is 0.390 bits per heavy atom. The van der Waals surface area contributed by atoms with Crippen molar-refractivity contribution in [2.45, 2.75) is 0 Å². The van der Waals surface area contributed by atoms with E-state index in [-0.39, 0.29) is 0 Å². The zero-order chi connectivity index (χ0) is 27.2. The van der Waals surface area contributed by atoms with E-state index in [1.165, 1.54) is 16.5 Å². The summed E-state index contributed by atoms with van der Waals surface area (Å²) in [6.45, 7) is 0. The average molecular weight is 525 g/mol. The van der Waals surface area contributed by atoms with E-state index < -0.39 is 0 Å². The molecule has 0 unspecified atom stereocenters. The number of nitrogens with zero attached hydrogens (tertiary/aromatic N) is 2. The van der Waals surface area contributed by atoms with Crippen LogP contribution in [0.15, 0.2) is 150 Å². The van der Waals surface area contributed by atoms with Gasteiger partial charge in [0.25, 0.3) is 0 Å². The quantitative estimate of drug-likeness (QED) is 0.215. The van der Waals surface area contributed by atoms with Crippen molar-refractivity contribution in [3.8, 4) is 45.0 Å². The van der Waals surface area contributed by atoms with Crippen LogP contribution in [0, 0.1) is 0 Å². The molecule has 6 aromatic carbocycles. The zero-order valence-corrected chi connectivity index (χ0v) is 22.2. The molecule has 0 N–H and O–H groups in total. The predicted octanol–water partition coefficient (Wildman–Crippen LogP) is 10.2. The van der Waals surface area contributed by atoms with Crippen molar-refractivity contribution >= 4 is 32.8 Å². The fourth-order valence-electron chi connectivity index (χ4n) is 5.70. The highest BCUT2D eigenvalue weighted by Gasteiger charge is 2.14. The first-order chi connectivity index (χ1) is 20.3. The van der Waals surface area contributed by atoms with Crippen LogP contribution in [-0.2, 0) is 0 Å². The van der Waals surface area contributed by atoms with Crippen molar-refractivity contribution in [2.24, 2.45) is 0 Å². The molecule has 0 atom stereocenters. The third-order valence-electron chi connectivity index (χ3n) is 7.73. The molecule has 41 heavy (non-hydrogen) atoms. The minimum Gasteiger partial charge on any atom is -0.436 e. The molecule has 0 spiro atoms. The molecule has 8 rings (SSSR count). The van der Waals surface area contributed by atoms with Crippen LogP contribution in [0.2, 0.25) is 0 Å². The number of oxazole rings is 1. The number of pyridine rings is 1. The van der Waals surface area contributed by atoms with Crippen molar-refractivity contribution in [3.05, 3.63) is 146 Å². The Kier molecular flexibility index (Phi) is 5.46. The lowest BCUT2D eigenvalue weighted by molar-refractivity contribution is 0.620. The Morgan fingerprint density at radius 2 is 1.00 bits per heavy atom. The maximum atomic E-state index is 5.95. The molecule has 3 nitrogen and oxygen atoms in total. The van der Waals surface area contributed by atoms with Gasteiger partial charge in [0.05, 0.1) is 11.2 Å². The van der Waals surface area contributed by atoms with E-state index in [0.29, 0.717) is 5.89 Å². The summed E-state index contributed by atoms with van der Waals surface area (Å²) < 4.78 is 5.95. The zero-order valence-electron chi connectivity index (χ0n) is 22.2. The van der Waals surface area contributed by atoms with Gasteiger partial charge in [-0.05, 0) is 52.6 Å². The van der Waals surface area contributed by atoms with Crippen molar-refractivity contribution in [1.29, 1.82) is 0 Å². The maximum Gasteiger partial charge on any atom is 0.227 e. The minimum atomic E-state index is 0.639. The molecule has 2 heterocycles. The standard InChI is InChI=1S/C38H24N2O/c1-2-9-28(10-3-1)37-32-13-8-12-30(36(32)31-11-4-5-14-33(31)39-37)27-21-17-25(18-22-27)26-19-23-29(24-20-26)38-40-34-15-6-7-16-35(34)41-38/h1-24H. The molecule has 0 radical (unpaired) electrons. The molecule has 0 fully saturated rings.